The summed E-state index contributed by atoms with van der Waals surface area (Å²) in [5.74, 6) is -0.270. The number of benzene rings is 1. The molecule has 9 heteroatoms. The number of ether oxygens (including phenoxy) is 2. The first-order valence-electron chi connectivity index (χ1n) is 10.2. The van der Waals surface area contributed by atoms with Crippen molar-refractivity contribution in [1.29, 1.82) is 0 Å². The van der Waals surface area contributed by atoms with Crippen LogP contribution in [-0.4, -0.2) is 60.2 Å². The first-order valence-corrected chi connectivity index (χ1v) is 10.6. The van der Waals surface area contributed by atoms with Gasteiger partial charge in [0.1, 0.15) is 34.5 Å². The van der Waals surface area contributed by atoms with Crippen molar-refractivity contribution in [3.05, 3.63) is 59.1 Å². The van der Waals surface area contributed by atoms with Crippen molar-refractivity contribution in [1.82, 2.24) is 20.2 Å². The molecule has 2 aliphatic rings. The van der Waals surface area contributed by atoms with Gasteiger partial charge < -0.3 is 19.7 Å². The van der Waals surface area contributed by atoms with E-state index in [1.807, 2.05) is 0 Å². The van der Waals surface area contributed by atoms with Crippen LogP contribution in [0.4, 0.5) is 4.39 Å². The molecule has 1 N–H and O–H groups in total. The summed E-state index contributed by atoms with van der Waals surface area (Å²) in [5, 5.41) is 3.35. The van der Waals surface area contributed by atoms with Crippen LogP contribution in [0.1, 0.15) is 10.4 Å². The lowest BCUT2D eigenvalue weighted by Crippen LogP contribution is -2.54. The van der Waals surface area contributed by atoms with Gasteiger partial charge in [0, 0.05) is 37.6 Å². The summed E-state index contributed by atoms with van der Waals surface area (Å²) in [7, 11) is 1.45. The summed E-state index contributed by atoms with van der Waals surface area (Å²) in [5.41, 5.74) is 1.53. The molecule has 4 heterocycles. The Kier molecular flexibility index (Phi) is 5.40. The molecule has 2 aromatic heterocycles. The zero-order chi connectivity index (χ0) is 22.2. The molecule has 1 fully saturated rings. The fourth-order valence-corrected chi connectivity index (χ4v) is 4.45. The second kappa shape index (κ2) is 8.37. The fourth-order valence-electron chi connectivity index (χ4n) is 4.16. The number of hydrogen-bond acceptors (Lipinski definition) is 6. The van der Waals surface area contributed by atoms with Crippen LogP contribution < -0.4 is 14.8 Å². The number of hydrogen-bond donors (Lipinski definition) is 1. The van der Waals surface area contributed by atoms with E-state index in [9.17, 15) is 9.18 Å². The highest BCUT2D eigenvalue weighted by Gasteiger charge is 2.37. The molecule has 1 aromatic carbocycles. The molecule has 7 nitrogen and oxygen atoms in total. The predicted molar refractivity (Wildman–Crippen MR) is 118 cm³/mol. The summed E-state index contributed by atoms with van der Waals surface area (Å²) in [6.07, 6.45) is 3.22. The van der Waals surface area contributed by atoms with Gasteiger partial charge in [-0.25, -0.2) is 9.37 Å². The average molecular weight is 455 g/mol. The van der Waals surface area contributed by atoms with E-state index in [0.717, 1.165) is 0 Å². The van der Waals surface area contributed by atoms with Crippen molar-refractivity contribution in [3.63, 3.8) is 0 Å². The highest BCUT2D eigenvalue weighted by atomic mass is 35.5. The van der Waals surface area contributed by atoms with E-state index >= 15 is 0 Å². The molecule has 1 atom stereocenters. The molecule has 164 valence electrons. The quantitative estimate of drug-likeness (QED) is 0.653. The van der Waals surface area contributed by atoms with E-state index in [2.05, 4.69) is 10.3 Å². The first kappa shape index (κ1) is 20.7. The van der Waals surface area contributed by atoms with Crippen LogP contribution >= 0.6 is 11.6 Å². The lowest BCUT2D eigenvalue weighted by molar-refractivity contribution is 0.0607. The molecular weight excluding hydrogens is 435 g/mol. The number of pyridine rings is 2. The number of piperazine rings is 1. The Labute approximate surface area is 189 Å². The lowest BCUT2D eigenvalue weighted by atomic mass is 10.0. The highest BCUT2D eigenvalue weighted by molar-refractivity contribution is 6.35. The maximum atomic E-state index is 15.0. The molecule has 5 rings (SSSR count). The SMILES string of the molecule is COc1cccc(F)c1-c1nc(-c2ccncc2)c2c(c1Cl)OC[C@H]1CNCCN1C2=O. The molecule has 0 saturated carbocycles. The third kappa shape index (κ3) is 3.36. The molecule has 1 amide bonds. The Morgan fingerprint density at radius 2 is 2.03 bits per heavy atom. The Hall–Kier alpha value is -3.23. The van der Waals surface area contributed by atoms with Crippen LogP contribution in [0.2, 0.25) is 5.02 Å². The summed E-state index contributed by atoms with van der Waals surface area (Å²) in [6, 6.07) is 7.83. The summed E-state index contributed by atoms with van der Waals surface area (Å²) in [6.45, 7) is 2.11. The Bertz CT molecular complexity index is 1190. The van der Waals surface area contributed by atoms with Gasteiger partial charge in [-0.3, -0.25) is 9.78 Å². The number of nitrogens with zero attached hydrogens (tertiary/aromatic N) is 3. The van der Waals surface area contributed by atoms with Crippen molar-refractivity contribution >= 4 is 17.5 Å². The molecule has 0 bridgehead atoms. The smallest absolute Gasteiger partial charge is 0.260 e. The van der Waals surface area contributed by atoms with Crippen LogP contribution in [0.5, 0.6) is 11.5 Å². The van der Waals surface area contributed by atoms with Crippen LogP contribution in [-0.2, 0) is 0 Å². The predicted octanol–water partition coefficient (Wildman–Crippen LogP) is 3.42. The minimum Gasteiger partial charge on any atom is -0.496 e. The molecule has 0 aliphatic carbocycles. The molecule has 0 spiro atoms. The van der Waals surface area contributed by atoms with Crippen molar-refractivity contribution < 1.29 is 18.7 Å². The molecule has 1 saturated heterocycles. The number of halogens is 2. The number of aromatic nitrogens is 2. The maximum absolute atomic E-state index is 15.0. The van der Waals surface area contributed by atoms with Gasteiger partial charge in [0.2, 0.25) is 0 Å². The van der Waals surface area contributed by atoms with Gasteiger partial charge in [0.05, 0.1) is 24.4 Å². The Balaban J connectivity index is 1.81. The Morgan fingerprint density at radius 3 is 2.81 bits per heavy atom. The third-order valence-electron chi connectivity index (χ3n) is 5.73. The van der Waals surface area contributed by atoms with Crippen LogP contribution in [0.25, 0.3) is 22.5 Å². The molecule has 2 aliphatic heterocycles. The van der Waals surface area contributed by atoms with Gasteiger partial charge in [0.25, 0.3) is 5.91 Å². The fraction of sp³-hybridized carbons (Fsp3) is 0.261. The number of carbonyl (C=O) groups is 1. The van der Waals surface area contributed by atoms with Gasteiger partial charge in [-0.15, -0.1) is 0 Å². The molecule has 3 aromatic rings. The zero-order valence-electron chi connectivity index (χ0n) is 17.3. The Morgan fingerprint density at radius 1 is 1.22 bits per heavy atom. The maximum Gasteiger partial charge on any atom is 0.260 e. The topological polar surface area (TPSA) is 76.6 Å². The minimum absolute atomic E-state index is 0.0716. The standard InChI is InChI=1S/C23H20ClFN4O3/c1-31-16-4-2-3-15(25)17(16)21-19(24)22-18(20(28-21)13-5-7-26-8-6-13)23(30)29-10-9-27-11-14(29)12-32-22/h2-8,14,27H,9-12H2,1H3/t14-/m1/s1. The third-order valence-corrected chi connectivity index (χ3v) is 6.08. The van der Waals surface area contributed by atoms with Crippen molar-refractivity contribution in [2.75, 3.05) is 33.4 Å². The van der Waals surface area contributed by atoms with Gasteiger partial charge >= 0.3 is 0 Å². The van der Waals surface area contributed by atoms with E-state index < -0.39 is 5.82 Å². The first-order chi connectivity index (χ1) is 15.6. The van der Waals surface area contributed by atoms with Crippen LogP contribution in [0.15, 0.2) is 42.7 Å². The minimum atomic E-state index is -0.541. The van der Waals surface area contributed by atoms with Crippen molar-refractivity contribution in [2.24, 2.45) is 0 Å². The monoisotopic (exact) mass is 454 g/mol. The van der Waals surface area contributed by atoms with E-state index in [0.29, 0.717) is 30.9 Å². The normalized spacial score (nSPS) is 17.8. The molecular formula is C23H20ClFN4O3. The van der Waals surface area contributed by atoms with Crippen LogP contribution in [0, 0.1) is 5.82 Å². The summed E-state index contributed by atoms with van der Waals surface area (Å²) >= 11 is 6.75. The number of rotatable bonds is 3. The summed E-state index contributed by atoms with van der Waals surface area (Å²) in [4.78, 5) is 24.2. The van der Waals surface area contributed by atoms with E-state index in [1.165, 1.54) is 13.2 Å². The van der Waals surface area contributed by atoms with E-state index in [4.69, 9.17) is 26.1 Å². The summed E-state index contributed by atoms with van der Waals surface area (Å²) < 4.78 is 26.4. The number of methoxy groups -OCH3 is 1. The number of fused-ring (bicyclic) bond motifs is 2. The average Bonchev–Trinajstić information content (AvgIpc) is 2.97. The number of carbonyl (C=O) groups excluding carboxylic acids is 1. The van der Waals surface area contributed by atoms with Crippen molar-refractivity contribution in [2.45, 2.75) is 6.04 Å². The lowest BCUT2D eigenvalue weighted by Gasteiger charge is -2.34. The van der Waals surface area contributed by atoms with Gasteiger partial charge in [-0.05, 0) is 24.3 Å². The molecule has 0 unspecified atom stereocenters. The van der Waals surface area contributed by atoms with E-state index in [-0.39, 0.29) is 51.9 Å². The zero-order valence-corrected chi connectivity index (χ0v) is 18.0. The number of nitrogens with one attached hydrogen (secondary N) is 1. The van der Waals surface area contributed by atoms with Gasteiger partial charge in [-0.1, -0.05) is 17.7 Å². The van der Waals surface area contributed by atoms with Crippen LogP contribution in [0.3, 0.4) is 0 Å². The van der Waals surface area contributed by atoms with Gasteiger partial charge in [-0.2, -0.15) is 0 Å². The second-order valence-electron chi connectivity index (χ2n) is 7.55. The highest BCUT2D eigenvalue weighted by Crippen LogP contribution is 2.45. The van der Waals surface area contributed by atoms with Gasteiger partial charge in [0.15, 0.2) is 5.75 Å². The second-order valence-corrected chi connectivity index (χ2v) is 7.93. The number of amides is 1. The van der Waals surface area contributed by atoms with E-state index in [1.54, 1.807) is 41.6 Å². The molecule has 0 radical (unpaired) electrons. The largest absolute Gasteiger partial charge is 0.496 e. The molecule has 32 heavy (non-hydrogen) atoms. The van der Waals surface area contributed by atoms with Crippen molar-refractivity contribution in [3.8, 4) is 34.0 Å².